The highest BCUT2D eigenvalue weighted by molar-refractivity contribution is 7.15. The first-order chi connectivity index (χ1) is 13.3. The molecule has 1 amide bonds. The first-order valence-corrected chi connectivity index (χ1v) is 9.39. The van der Waals surface area contributed by atoms with Crippen LogP contribution in [0, 0.1) is 10.1 Å². The van der Waals surface area contributed by atoms with Gasteiger partial charge in [0.15, 0.2) is 0 Å². The van der Waals surface area contributed by atoms with Gasteiger partial charge in [-0.15, -0.1) is 10.2 Å². The van der Waals surface area contributed by atoms with Crippen LogP contribution < -0.4 is 10.1 Å². The minimum atomic E-state index is -0.573. The second-order valence-corrected chi connectivity index (χ2v) is 7.50. The molecular formula is C18H15ClN4O4S. The minimum absolute atomic E-state index is 0.0571. The number of carbonyl (C=O) groups excluding carboxylic acids is 1. The van der Waals surface area contributed by atoms with E-state index in [2.05, 4.69) is 15.5 Å². The molecule has 0 atom stereocenters. The third-order valence-electron chi connectivity index (χ3n) is 3.62. The summed E-state index contributed by atoms with van der Waals surface area (Å²) < 4.78 is 5.56. The maximum absolute atomic E-state index is 12.3. The number of aromatic nitrogens is 2. The molecule has 10 heteroatoms. The number of anilines is 1. The van der Waals surface area contributed by atoms with E-state index in [4.69, 9.17) is 16.3 Å². The molecule has 3 aromatic rings. The number of nitrogens with one attached hydrogen (secondary N) is 1. The van der Waals surface area contributed by atoms with Crippen molar-refractivity contribution in [2.75, 3.05) is 5.32 Å². The number of carbonyl (C=O) groups is 1. The van der Waals surface area contributed by atoms with Gasteiger partial charge in [0.05, 0.1) is 4.92 Å². The Hall–Kier alpha value is -3.04. The monoisotopic (exact) mass is 418 g/mol. The van der Waals surface area contributed by atoms with E-state index in [0.29, 0.717) is 16.4 Å². The lowest BCUT2D eigenvalue weighted by molar-refractivity contribution is -0.385. The predicted molar refractivity (Wildman–Crippen MR) is 107 cm³/mol. The maximum atomic E-state index is 12.3. The average molecular weight is 419 g/mol. The first kappa shape index (κ1) is 19.7. The van der Waals surface area contributed by atoms with Crippen molar-refractivity contribution in [2.45, 2.75) is 19.8 Å². The van der Waals surface area contributed by atoms with Gasteiger partial charge in [-0.2, -0.15) is 0 Å². The summed E-state index contributed by atoms with van der Waals surface area (Å²) in [6.45, 7) is 3.99. The summed E-state index contributed by atoms with van der Waals surface area (Å²) in [6.07, 6.45) is 0. The fourth-order valence-corrected chi connectivity index (χ4v) is 3.12. The molecule has 0 unspecified atom stereocenters. The Labute approximate surface area is 169 Å². The highest BCUT2D eigenvalue weighted by Gasteiger charge is 2.17. The number of amides is 1. The molecule has 28 heavy (non-hydrogen) atoms. The van der Waals surface area contributed by atoms with E-state index >= 15 is 0 Å². The molecule has 144 valence electrons. The Kier molecular flexibility index (Phi) is 5.86. The van der Waals surface area contributed by atoms with Crippen molar-refractivity contribution >= 4 is 39.7 Å². The highest BCUT2D eigenvalue weighted by atomic mass is 35.5. The van der Waals surface area contributed by atoms with Crippen LogP contribution in [-0.2, 0) is 0 Å². The van der Waals surface area contributed by atoms with Gasteiger partial charge in [0, 0.05) is 22.6 Å². The van der Waals surface area contributed by atoms with E-state index < -0.39 is 4.92 Å². The van der Waals surface area contributed by atoms with Crippen molar-refractivity contribution in [1.82, 2.24) is 10.2 Å². The SMILES string of the molecule is CC(C)c1nnc(NC(=O)c2ccc(Oc3ccc(Cl)cc3[N+](=O)[O-])cc2)s1. The third-order valence-corrected chi connectivity index (χ3v) is 4.99. The van der Waals surface area contributed by atoms with E-state index in [9.17, 15) is 14.9 Å². The number of hydrogen-bond donors (Lipinski definition) is 1. The van der Waals surface area contributed by atoms with Crippen molar-refractivity contribution in [2.24, 2.45) is 0 Å². The molecule has 8 nitrogen and oxygen atoms in total. The fraction of sp³-hybridized carbons (Fsp3) is 0.167. The van der Waals surface area contributed by atoms with Crippen LogP contribution in [0.1, 0.15) is 35.1 Å². The Bertz CT molecular complexity index is 1020. The molecule has 0 aliphatic heterocycles. The lowest BCUT2D eigenvalue weighted by Crippen LogP contribution is -2.11. The molecule has 0 spiro atoms. The Morgan fingerprint density at radius 3 is 2.54 bits per heavy atom. The van der Waals surface area contributed by atoms with E-state index in [0.717, 1.165) is 5.01 Å². The number of nitro benzene ring substituents is 1. The average Bonchev–Trinajstić information content (AvgIpc) is 3.12. The number of rotatable bonds is 6. The van der Waals surface area contributed by atoms with Gasteiger partial charge in [0.1, 0.15) is 10.8 Å². The van der Waals surface area contributed by atoms with Crippen LogP contribution >= 0.6 is 22.9 Å². The number of nitro groups is 1. The minimum Gasteiger partial charge on any atom is -0.450 e. The number of halogens is 1. The molecule has 3 rings (SSSR count). The van der Waals surface area contributed by atoms with Gasteiger partial charge in [-0.25, -0.2) is 0 Å². The zero-order valence-electron chi connectivity index (χ0n) is 14.9. The lowest BCUT2D eigenvalue weighted by Gasteiger charge is -2.07. The van der Waals surface area contributed by atoms with Crippen LogP contribution in [-0.4, -0.2) is 21.0 Å². The molecule has 0 aliphatic rings. The topological polar surface area (TPSA) is 107 Å². The summed E-state index contributed by atoms with van der Waals surface area (Å²) in [5.41, 5.74) is 0.144. The highest BCUT2D eigenvalue weighted by Crippen LogP contribution is 2.33. The molecule has 0 bridgehead atoms. The molecule has 0 aliphatic carbocycles. The van der Waals surface area contributed by atoms with Gasteiger partial charge in [-0.3, -0.25) is 20.2 Å². The van der Waals surface area contributed by atoms with Crippen LogP contribution in [0.4, 0.5) is 10.8 Å². The van der Waals surface area contributed by atoms with Crippen molar-refractivity contribution in [1.29, 1.82) is 0 Å². The standard InChI is InChI=1S/C18H15ClN4O4S/c1-10(2)17-21-22-18(28-17)20-16(24)11-3-6-13(7-4-11)27-15-8-5-12(19)9-14(15)23(25)26/h3-10H,1-2H3,(H,20,22,24). The fourth-order valence-electron chi connectivity index (χ4n) is 2.21. The molecule has 1 aromatic heterocycles. The van der Waals surface area contributed by atoms with E-state index in [1.54, 1.807) is 24.3 Å². The molecule has 1 heterocycles. The van der Waals surface area contributed by atoms with E-state index in [-0.39, 0.29) is 28.3 Å². The number of ether oxygens (including phenoxy) is 1. The number of benzene rings is 2. The largest absolute Gasteiger partial charge is 0.450 e. The summed E-state index contributed by atoms with van der Waals surface area (Å²) in [6, 6.07) is 10.3. The van der Waals surface area contributed by atoms with Gasteiger partial charge in [-0.05, 0) is 36.4 Å². The Morgan fingerprint density at radius 2 is 1.93 bits per heavy atom. The summed E-state index contributed by atoms with van der Waals surface area (Å²) in [4.78, 5) is 22.9. The molecule has 0 saturated carbocycles. The van der Waals surface area contributed by atoms with Gasteiger partial charge in [0.2, 0.25) is 10.9 Å². The normalized spacial score (nSPS) is 10.7. The molecular weight excluding hydrogens is 404 g/mol. The van der Waals surface area contributed by atoms with Gasteiger partial charge in [-0.1, -0.05) is 36.8 Å². The molecule has 1 N–H and O–H groups in total. The smallest absolute Gasteiger partial charge is 0.313 e. The van der Waals surface area contributed by atoms with Crippen molar-refractivity contribution in [3.8, 4) is 11.5 Å². The Balaban J connectivity index is 1.71. The predicted octanol–water partition coefficient (Wildman–Crippen LogP) is 5.27. The summed E-state index contributed by atoms with van der Waals surface area (Å²) in [7, 11) is 0. The van der Waals surface area contributed by atoms with Crippen LogP contribution in [0.25, 0.3) is 0 Å². The second kappa shape index (κ2) is 8.32. The molecule has 0 saturated heterocycles. The van der Waals surface area contributed by atoms with Gasteiger partial charge >= 0.3 is 5.69 Å². The summed E-state index contributed by atoms with van der Waals surface area (Å²) in [5.74, 6) is 0.300. The van der Waals surface area contributed by atoms with Crippen molar-refractivity contribution < 1.29 is 14.5 Å². The van der Waals surface area contributed by atoms with Crippen LogP contribution in [0.5, 0.6) is 11.5 Å². The van der Waals surface area contributed by atoms with Crippen LogP contribution in [0.15, 0.2) is 42.5 Å². The van der Waals surface area contributed by atoms with Crippen molar-refractivity contribution in [3.63, 3.8) is 0 Å². The molecule has 2 aromatic carbocycles. The zero-order valence-corrected chi connectivity index (χ0v) is 16.5. The van der Waals surface area contributed by atoms with Crippen molar-refractivity contribution in [3.05, 3.63) is 68.2 Å². The summed E-state index contributed by atoms with van der Waals surface area (Å²) in [5, 5.41) is 23.3. The number of hydrogen-bond acceptors (Lipinski definition) is 7. The van der Waals surface area contributed by atoms with E-state index in [1.165, 1.54) is 29.5 Å². The molecule has 0 fully saturated rings. The summed E-state index contributed by atoms with van der Waals surface area (Å²) >= 11 is 7.11. The number of nitrogens with zero attached hydrogens (tertiary/aromatic N) is 3. The maximum Gasteiger partial charge on any atom is 0.313 e. The Morgan fingerprint density at radius 1 is 1.21 bits per heavy atom. The van der Waals surface area contributed by atoms with E-state index in [1.807, 2.05) is 13.8 Å². The zero-order chi connectivity index (χ0) is 20.3. The molecule has 0 radical (unpaired) electrons. The second-order valence-electron chi connectivity index (χ2n) is 6.05. The van der Waals surface area contributed by atoms with Gasteiger partial charge < -0.3 is 4.74 Å². The first-order valence-electron chi connectivity index (χ1n) is 8.20. The quantitative estimate of drug-likeness (QED) is 0.431. The third kappa shape index (κ3) is 4.62. The van der Waals surface area contributed by atoms with Crippen LogP contribution in [0.3, 0.4) is 0 Å². The van der Waals surface area contributed by atoms with Gasteiger partial charge in [0.25, 0.3) is 5.91 Å². The van der Waals surface area contributed by atoms with Crippen LogP contribution in [0.2, 0.25) is 5.02 Å². The lowest BCUT2D eigenvalue weighted by atomic mass is 10.2.